The highest BCUT2D eigenvalue weighted by molar-refractivity contribution is 6.11. The van der Waals surface area contributed by atoms with E-state index in [0.717, 1.165) is 77.2 Å². The Morgan fingerprint density at radius 3 is 1.52 bits per heavy atom. The van der Waals surface area contributed by atoms with Crippen LogP contribution < -0.4 is 0 Å². The Labute approximate surface area is 287 Å². The maximum Gasteiger partial charge on any atom is 0.101 e. The second-order valence-corrected chi connectivity index (χ2v) is 12.3. The highest BCUT2D eigenvalue weighted by atomic mass is 15.0. The summed E-state index contributed by atoms with van der Waals surface area (Å²) in [6.45, 7) is 0. The third-order valence-corrected chi connectivity index (χ3v) is 9.64. The monoisotopic (exact) mass is 635 g/mol. The molecule has 0 saturated heterocycles. The van der Waals surface area contributed by atoms with Crippen LogP contribution >= 0.6 is 0 Å². The molecule has 0 aliphatic rings. The van der Waals surface area contributed by atoms with Gasteiger partial charge in [0, 0.05) is 27.1 Å². The van der Waals surface area contributed by atoms with Crippen molar-refractivity contribution in [3.63, 3.8) is 0 Å². The molecular weight excluding hydrogens is 611 g/mol. The van der Waals surface area contributed by atoms with Crippen molar-refractivity contribution < 1.29 is 0 Å². The van der Waals surface area contributed by atoms with Crippen LogP contribution in [-0.2, 0) is 0 Å². The molecule has 2 heterocycles. The summed E-state index contributed by atoms with van der Waals surface area (Å²) >= 11 is 0. The number of benzene rings is 7. The van der Waals surface area contributed by atoms with Gasteiger partial charge >= 0.3 is 0 Å². The van der Waals surface area contributed by atoms with E-state index in [-0.39, 0.29) is 0 Å². The smallest absolute Gasteiger partial charge is 0.101 e. The first kappa shape index (κ1) is 28.8. The van der Waals surface area contributed by atoms with Crippen LogP contribution in [0.4, 0.5) is 0 Å². The van der Waals surface area contributed by atoms with Gasteiger partial charge in [0.1, 0.15) is 6.07 Å². The van der Waals surface area contributed by atoms with Crippen molar-refractivity contribution in [1.29, 1.82) is 15.8 Å². The number of nitrogens with zero attached hydrogens (tertiary/aromatic N) is 5. The van der Waals surface area contributed by atoms with Gasteiger partial charge in [0.2, 0.25) is 0 Å². The zero-order valence-electron chi connectivity index (χ0n) is 26.7. The fraction of sp³-hybridized carbons (Fsp3) is 0. The van der Waals surface area contributed by atoms with E-state index >= 15 is 0 Å². The van der Waals surface area contributed by atoms with Gasteiger partial charge in [-0.1, -0.05) is 84.9 Å². The summed E-state index contributed by atoms with van der Waals surface area (Å²) in [6, 6.07) is 57.8. The first-order valence-electron chi connectivity index (χ1n) is 16.3. The van der Waals surface area contributed by atoms with Crippen molar-refractivity contribution in [3.05, 3.63) is 168 Å². The number of fused-ring (bicyclic) bond motifs is 6. The highest BCUT2D eigenvalue weighted by Crippen LogP contribution is 2.41. The van der Waals surface area contributed by atoms with Gasteiger partial charge in [-0.05, 0) is 83.4 Å². The van der Waals surface area contributed by atoms with E-state index in [4.69, 9.17) is 0 Å². The van der Waals surface area contributed by atoms with Crippen molar-refractivity contribution >= 4 is 43.6 Å². The Bertz CT molecular complexity index is 2920. The minimum Gasteiger partial charge on any atom is -0.309 e. The van der Waals surface area contributed by atoms with E-state index in [0.29, 0.717) is 16.7 Å². The third-order valence-electron chi connectivity index (χ3n) is 9.64. The molecule has 9 aromatic rings. The molecule has 50 heavy (non-hydrogen) atoms. The van der Waals surface area contributed by atoms with Crippen molar-refractivity contribution in [3.8, 4) is 51.8 Å². The molecule has 0 aliphatic carbocycles. The van der Waals surface area contributed by atoms with Crippen LogP contribution in [0, 0.1) is 34.0 Å². The predicted molar refractivity (Wildman–Crippen MR) is 200 cm³/mol. The lowest BCUT2D eigenvalue weighted by molar-refractivity contribution is 1.17. The van der Waals surface area contributed by atoms with Crippen LogP contribution in [0.1, 0.15) is 16.7 Å². The van der Waals surface area contributed by atoms with Gasteiger partial charge in [0.05, 0.1) is 62.3 Å². The number of hydrogen-bond acceptors (Lipinski definition) is 3. The molecule has 0 atom stereocenters. The normalized spacial score (nSPS) is 11.1. The molecule has 0 N–H and O–H groups in total. The van der Waals surface area contributed by atoms with Crippen LogP contribution in [0.25, 0.3) is 77.2 Å². The number of nitriles is 3. The summed E-state index contributed by atoms with van der Waals surface area (Å²) in [5.74, 6) is 0. The fourth-order valence-electron chi connectivity index (χ4n) is 7.45. The Kier molecular flexibility index (Phi) is 6.56. The van der Waals surface area contributed by atoms with E-state index in [1.54, 1.807) is 0 Å². The topological polar surface area (TPSA) is 81.2 Å². The average Bonchev–Trinajstić information content (AvgIpc) is 3.70. The molecule has 0 aliphatic heterocycles. The van der Waals surface area contributed by atoms with Crippen molar-refractivity contribution in [2.45, 2.75) is 0 Å². The second-order valence-electron chi connectivity index (χ2n) is 12.3. The Hall–Kier alpha value is -7.39. The van der Waals surface area contributed by atoms with Crippen molar-refractivity contribution in [1.82, 2.24) is 9.13 Å². The summed E-state index contributed by atoms with van der Waals surface area (Å²) in [5, 5.41) is 34.4. The first-order chi connectivity index (χ1) is 24.7. The quantitative estimate of drug-likeness (QED) is 0.193. The Morgan fingerprint density at radius 1 is 0.360 bits per heavy atom. The molecule has 2 aromatic heterocycles. The zero-order valence-corrected chi connectivity index (χ0v) is 26.7. The Balaban J connectivity index is 1.31. The van der Waals surface area contributed by atoms with Crippen LogP contribution in [0.2, 0.25) is 0 Å². The standard InChI is InChI=1S/C45H25N5/c46-26-29-17-21-43(49-40-14-6-3-11-35(40)36-12-4-7-15-41(36)49)38(23-29)34-10-2-1-9-33(34)31-19-20-32(28-48)45(25-31)50-42-16-8-5-13-37(42)39-24-30(27-47)18-22-44(39)50/h1-25H. The van der Waals surface area contributed by atoms with E-state index in [1.165, 1.54) is 0 Å². The summed E-state index contributed by atoms with van der Waals surface area (Å²) < 4.78 is 4.41. The van der Waals surface area contributed by atoms with Gasteiger partial charge in [0.25, 0.3) is 0 Å². The molecule has 0 saturated carbocycles. The Morgan fingerprint density at radius 2 is 0.880 bits per heavy atom. The van der Waals surface area contributed by atoms with E-state index in [2.05, 4.69) is 106 Å². The largest absolute Gasteiger partial charge is 0.309 e. The third kappa shape index (κ3) is 4.31. The van der Waals surface area contributed by atoms with Gasteiger partial charge in [-0.15, -0.1) is 0 Å². The van der Waals surface area contributed by atoms with Crippen molar-refractivity contribution in [2.75, 3.05) is 0 Å². The summed E-state index contributed by atoms with van der Waals surface area (Å²) in [7, 11) is 0. The van der Waals surface area contributed by atoms with Gasteiger partial charge in [0.15, 0.2) is 0 Å². The summed E-state index contributed by atoms with van der Waals surface area (Å²) in [4.78, 5) is 0. The fourth-order valence-corrected chi connectivity index (χ4v) is 7.45. The summed E-state index contributed by atoms with van der Waals surface area (Å²) in [6.07, 6.45) is 0. The molecule has 5 heteroatoms. The van der Waals surface area contributed by atoms with Crippen LogP contribution in [0.5, 0.6) is 0 Å². The zero-order chi connectivity index (χ0) is 33.8. The van der Waals surface area contributed by atoms with Gasteiger partial charge < -0.3 is 9.13 Å². The highest BCUT2D eigenvalue weighted by Gasteiger charge is 2.20. The average molecular weight is 636 g/mol. The minimum atomic E-state index is 0.538. The summed E-state index contributed by atoms with van der Waals surface area (Å²) in [5.41, 5.74) is 11.3. The first-order valence-corrected chi connectivity index (χ1v) is 16.3. The lowest BCUT2D eigenvalue weighted by atomic mass is 9.91. The second kappa shape index (κ2) is 11.4. The molecule has 5 nitrogen and oxygen atoms in total. The lowest BCUT2D eigenvalue weighted by Gasteiger charge is -2.18. The minimum absolute atomic E-state index is 0.538. The molecule has 9 rings (SSSR count). The van der Waals surface area contributed by atoms with Crippen LogP contribution in [0.3, 0.4) is 0 Å². The van der Waals surface area contributed by atoms with Gasteiger partial charge in [-0.3, -0.25) is 0 Å². The number of rotatable bonds is 4. The van der Waals surface area contributed by atoms with E-state index in [9.17, 15) is 15.8 Å². The molecule has 7 aromatic carbocycles. The van der Waals surface area contributed by atoms with Gasteiger partial charge in [-0.25, -0.2) is 0 Å². The number of para-hydroxylation sites is 3. The molecular formula is C45H25N5. The molecule has 0 amide bonds. The maximum absolute atomic E-state index is 10.4. The lowest BCUT2D eigenvalue weighted by Crippen LogP contribution is -2.00. The SMILES string of the molecule is N#Cc1ccc(-n2c3ccccc3c3ccccc32)c(-c2ccccc2-c2ccc(C#N)c(-n3c4ccccc4c4cc(C#N)ccc43)c2)c1. The van der Waals surface area contributed by atoms with Crippen molar-refractivity contribution in [2.24, 2.45) is 0 Å². The van der Waals surface area contributed by atoms with Gasteiger partial charge in [-0.2, -0.15) is 15.8 Å². The van der Waals surface area contributed by atoms with E-state index < -0.39 is 0 Å². The van der Waals surface area contributed by atoms with Crippen LogP contribution in [-0.4, -0.2) is 9.13 Å². The maximum atomic E-state index is 10.4. The molecule has 0 radical (unpaired) electrons. The molecule has 230 valence electrons. The number of aromatic nitrogens is 2. The predicted octanol–water partition coefficient (Wildman–Crippen LogP) is 10.8. The molecule has 0 bridgehead atoms. The molecule has 0 spiro atoms. The molecule has 0 unspecified atom stereocenters. The number of hydrogen-bond donors (Lipinski definition) is 0. The molecule has 0 fully saturated rings. The van der Waals surface area contributed by atoms with Crippen LogP contribution in [0.15, 0.2) is 152 Å². The van der Waals surface area contributed by atoms with E-state index in [1.807, 2.05) is 72.8 Å².